The molecule has 20 heavy (non-hydrogen) atoms. The van der Waals surface area contributed by atoms with Crippen LogP contribution in [0.2, 0.25) is 0 Å². The Morgan fingerprint density at radius 3 is 1.95 bits per heavy atom. The molecule has 0 radical (unpaired) electrons. The summed E-state index contributed by atoms with van der Waals surface area (Å²) in [6.45, 7) is 0. The van der Waals surface area contributed by atoms with Crippen LogP contribution >= 0.6 is 34.8 Å². The third-order valence-electron chi connectivity index (χ3n) is 1.79. The Morgan fingerprint density at radius 1 is 1.20 bits per heavy atom. The summed E-state index contributed by atoms with van der Waals surface area (Å²) in [7, 11) is -5.99. The second kappa shape index (κ2) is 7.21. The van der Waals surface area contributed by atoms with Gasteiger partial charge in [0.2, 0.25) is 10.4 Å². The molecule has 0 spiro atoms. The number of halogens is 3. The number of alkyl halides is 3. The van der Waals surface area contributed by atoms with Gasteiger partial charge in [-0.1, -0.05) is 34.8 Å². The van der Waals surface area contributed by atoms with Crippen LogP contribution in [0.4, 0.5) is 0 Å². The van der Waals surface area contributed by atoms with Crippen molar-refractivity contribution in [1.82, 2.24) is 0 Å². The van der Waals surface area contributed by atoms with Crippen molar-refractivity contribution < 1.29 is 30.1 Å². The first-order chi connectivity index (χ1) is 8.83. The summed E-state index contributed by atoms with van der Waals surface area (Å²) in [6.07, 6.45) is 1.56. The molecule has 0 unspecified atom stereocenters. The number of pyridine rings is 1. The number of sulfone groups is 1. The number of nitrogens with zero attached hydrogens (tertiary/aromatic N) is 1. The summed E-state index contributed by atoms with van der Waals surface area (Å²) in [5.41, 5.74) is 0. The fourth-order valence-electron chi connectivity index (χ4n) is 0.905. The van der Waals surface area contributed by atoms with Gasteiger partial charge in [0.15, 0.2) is 6.20 Å². The van der Waals surface area contributed by atoms with Crippen molar-refractivity contribution in [1.29, 1.82) is 0 Å². The van der Waals surface area contributed by atoms with E-state index in [0.717, 1.165) is 7.11 Å². The molecule has 0 aliphatic carbocycles. The number of hydrogen-bond acceptors (Lipinski definition) is 6. The molecule has 0 amide bonds. The molecular weight excluding hydrogens is 377 g/mol. The molecule has 0 bridgehead atoms. The van der Waals surface area contributed by atoms with E-state index in [-0.39, 0.29) is 5.03 Å². The van der Waals surface area contributed by atoms with E-state index < -0.39 is 23.4 Å². The molecule has 0 atom stereocenters. The van der Waals surface area contributed by atoms with Gasteiger partial charge in [0.1, 0.15) is 7.05 Å². The van der Waals surface area contributed by atoms with Crippen LogP contribution in [0.5, 0.6) is 0 Å². The van der Waals surface area contributed by atoms with Crippen molar-refractivity contribution in [3.63, 3.8) is 0 Å². The monoisotopic (exact) mass is 385 g/mol. The first-order valence-corrected chi connectivity index (χ1v) is 8.55. The van der Waals surface area contributed by atoms with Crippen molar-refractivity contribution in [3.8, 4) is 0 Å². The van der Waals surface area contributed by atoms with Gasteiger partial charge in [-0.3, -0.25) is 4.18 Å². The molecule has 0 N–H and O–H groups in total. The largest absolute Gasteiger partial charge is 0.726 e. The van der Waals surface area contributed by atoms with Crippen LogP contribution in [0.1, 0.15) is 0 Å². The molecule has 0 aliphatic heterocycles. The van der Waals surface area contributed by atoms with Gasteiger partial charge in [-0.25, -0.2) is 16.8 Å². The minimum atomic E-state index is -4.41. The zero-order chi connectivity index (χ0) is 16.2. The Hall–Kier alpha value is -0.160. The molecule has 1 aromatic rings. The van der Waals surface area contributed by atoms with Gasteiger partial charge in [-0.2, -0.15) is 4.57 Å². The van der Waals surface area contributed by atoms with Gasteiger partial charge in [-0.05, 0) is 6.07 Å². The minimum Gasteiger partial charge on any atom is -0.726 e. The molecule has 0 aromatic carbocycles. The van der Waals surface area contributed by atoms with E-state index >= 15 is 0 Å². The van der Waals surface area contributed by atoms with Gasteiger partial charge >= 0.3 is 8.15 Å². The Kier molecular flexibility index (Phi) is 7.15. The summed E-state index contributed by atoms with van der Waals surface area (Å²) < 4.78 is 53.4. The number of hydrogen-bond donors (Lipinski definition) is 0. The molecule has 1 rings (SSSR count). The third-order valence-corrected chi connectivity index (χ3v) is 5.61. The Morgan fingerprint density at radius 2 is 1.65 bits per heavy atom. The van der Waals surface area contributed by atoms with E-state index in [1.165, 1.54) is 10.6 Å². The van der Waals surface area contributed by atoms with E-state index in [1.807, 2.05) is 0 Å². The molecule has 0 saturated carbocycles. The van der Waals surface area contributed by atoms with Gasteiger partial charge in [0.25, 0.3) is 9.84 Å². The number of aryl methyl sites for hydroxylation is 1. The summed E-state index contributed by atoms with van der Waals surface area (Å²) in [5.74, 6) is 0. The van der Waals surface area contributed by atoms with Crippen LogP contribution in [0.15, 0.2) is 29.4 Å². The van der Waals surface area contributed by atoms with Crippen molar-refractivity contribution in [2.24, 2.45) is 7.05 Å². The highest BCUT2D eigenvalue weighted by Gasteiger charge is 2.44. The lowest BCUT2D eigenvalue weighted by molar-refractivity contribution is -0.709. The zero-order valence-corrected chi connectivity index (χ0v) is 14.1. The van der Waals surface area contributed by atoms with Crippen molar-refractivity contribution in [2.75, 3.05) is 7.11 Å². The topological polar surface area (TPSA) is 104 Å². The average Bonchev–Trinajstić information content (AvgIpc) is 2.27. The summed E-state index contributed by atoms with van der Waals surface area (Å²) >= 11 is 16.1. The minimum absolute atomic E-state index is 0.0417. The van der Waals surface area contributed by atoms with Crippen LogP contribution < -0.4 is 4.57 Å². The van der Waals surface area contributed by atoms with E-state index in [4.69, 9.17) is 34.8 Å². The Bertz CT molecular complexity index is 653. The number of rotatable bonds is 2. The second-order valence-corrected chi connectivity index (χ2v) is 9.31. The highest BCUT2D eigenvalue weighted by molar-refractivity contribution is 7.97. The van der Waals surface area contributed by atoms with Gasteiger partial charge in [0, 0.05) is 12.1 Å². The maximum absolute atomic E-state index is 11.7. The molecule has 12 heteroatoms. The van der Waals surface area contributed by atoms with Crippen LogP contribution in [-0.4, -0.2) is 31.6 Å². The van der Waals surface area contributed by atoms with Crippen LogP contribution in [0.25, 0.3) is 0 Å². The quantitative estimate of drug-likeness (QED) is 0.321. The fourth-order valence-corrected chi connectivity index (χ4v) is 2.55. The van der Waals surface area contributed by atoms with Crippen molar-refractivity contribution in [2.45, 2.75) is 8.15 Å². The lowest BCUT2D eigenvalue weighted by Gasteiger charge is -2.09. The van der Waals surface area contributed by atoms with Crippen LogP contribution in [0.3, 0.4) is 0 Å². The maximum atomic E-state index is 11.7. The van der Waals surface area contributed by atoms with Gasteiger partial charge in [-0.15, -0.1) is 0 Å². The third kappa shape index (κ3) is 6.08. The first kappa shape index (κ1) is 19.8. The smallest absolute Gasteiger partial charge is 0.303 e. The second-order valence-electron chi connectivity index (χ2n) is 3.17. The normalized spacial score (nSPS) is 12.5. The van der Waals surface area contributed by atoms with Crippen LogP contribution in [0, 0.1) is 0 Å². The van der Waals surface area contributed by atoms with E-state index in [0.29, 0.717) is 0 Å². The summed E-state index contributed by atoms with van der Waals surface area (Å²) in [6, 6.07) is 4.61. The lowest BCUT2D eigenvalue weighted by Crippen LogP contribution is -2.38. The van der Waals surface area contributed by atoms with Crippen LogP contribution in [-0.2, 0) is 31.5 Å². The lowest BCUT2D eigenvalue weighted by atomic mass is 10.5. The predicted octanol–water partition coefficient (Wildman–Crippen LogP) is 0.706. The standard InChI is InChI=1S/C7H7Cl3NO2S.CH4O4S/c1-11-5-3-2-4-6(11)14(12,13)7(8,9)10;1-5-6(2,3)4/h2-5H,1H3;1H3,(H,2,3,4)/q+1;/p-1. The van der Waals surface area contributed by atoms with Crippen molar-refractivity contribution >= 4 is 55.0 Å². The highest BCUT2D eigenvalue weighted by atomic mass is 35.6. The van der Waals surface area contributed by atoms with E-state index in [2.05, 4.69) is 4.18 Å². The number of aromatic nitrogens is 1. The molecule has 116 valence electrons. The van der Waals surface area contributed by atoms with Crippen molar-refractivity contribution in [3.05, 3.63) is 24.4 Å². The Balaban J connectivity index is 0.000000511. The highest BCUT2D eigenvalue weighted by Crippen LogP contribution is 2.36. The molecule has 0 saturated heterocycles. The zero-order valence-electron chi connectivity index (χ0n) is 10.2. The predicted molar refractivity (Wildman–Crippen MR) is 71.8 cm³/mol. The Labute approximate surface area is 131 Å². The molecular formula is C8H10Cl3NO6S2. The van der Waals surface area contributed by atoms with E-state index in [1.54, 1.807) is 25.4 Å². The molecule has 1 aromatic heterocycles. The molecule has 7 nitrogen and oxygen atoms in total. The molecule has 1 heterocycles. The van der Waals surface area contributed by atoms with E-state index in [9.17, 15) is 21.4 Å². The SMILES string of the molecule is COS(=O)(=O)[O-].C[n+]1ccccc1S(=O)(=O)C(Cl)(Cl)Cl. The first-order valence-electron chi connectivity index (χ1n) is 4.60. The maximum Gasteiger partial charge on any atom is 0.303 e. The molecule has 0 fully saturated rings. The summed E-state index contributed by atoms with van der Waals surface area (Å²) in [5, 5.41) is -0.0417. The fraction of sp³-hybridized carbons (Fsp3) is 0.375. The van der Waals surface area contributed by atoms with Gasteiger partial charge in [0.05, 0.1) is 7.11 Å². The summed E-state index contributed by atoms with van der Waals surface area (Å²) in [4.78, 5) is 0. The average molecular weight is 387 g/mol. The molecule has 0 aliphatic rings. The van der Waals surface area contributed by atoms with Gasteiger partial charge < -0.3 is 4.55 Å².